The Bertz CT molecular complexity index is 674. The number of aliphatic carboxylic acids is 1. The third-order valence-corrected chi connectivity index (χ3v) is 4.61. The van der Waals surface area contributed by atoms with Crippen molar-refractivity contribution in [3.05, 3.63) is 18.5 Å². The molecule has 2 aliphatic heterocycles. The van der Waals surface area contributed by atoms with Crippen LogP contribution in [0.2, 0.25) is 0 Å². The van der Waals surface area contributed by atoms with E-state index in [0.29, 0.717) is 25.0 Å². The van der Waals surface area contributed by atoms with Gasteiger partial charge in [-0.05, 0) is 25.3 Å². The highest BCUT2D eigenvalue weighted by molar-refractivity contribution is 5.76. The van der Waals surface area contributed by atoms with E-state index in [2.05, 4.69) is 15.3 Å². The Labute approximate surface area is 160 Å². The van der Waals surface area contributed by atoms with E-state index in [4.69, 9.17) is 14.6 Å². The fraction of sp³-hybridized carbons (Fsp3) is 0.647. The minimum absolute atomic E-state index is 0.185. The van der Waals surface area contributed by atoms with E-state index in [1.165, 1.54) is 0 Å². The molecular formula is C17H23F3N4O4. The lowest BCUT2D eigenvalue weighted by Crippen LogP contribution is -2.47. The number of alkyl halides is 3. The summed E-state index contributed by atoms with van der Waals surface area (Å²) in [6.45, 7) is 4.15. The molecule has 3 heterocycles. The van der Waals surface area contributed by atoms with Gasteiger partial charge in [-0.25, -0.2) is 14.8 Å². The van der Waals surface area contributed by atoms with Gasteiger partial charge in [0.15, 0.2) is 0 Å². The minimum atomic E-state index is -5.08. The molecule has 0 aromatic carbocycles. The van der Waals surface area contributed by atoms with Crippen LogP contribution in [0.15, 0.2) is 18.5 Å². The van der Waals surface area contributed by atoms with E-state index in [-0.39, 0.29) is 11.5 Å². The van der Waals surface area contributed by atoms with Crippen LogP contribution in [-0.4, -0.2) is 69.4 Å². The van der Waals surface area contributed by atoms with Crippen LogP contribution in [0.25, 0.3) is 0 Å². The number of amides is 1. The Hall–Kier alpha value is -2.43. The fourth-order valence-electron chi connectivity index (χ4n) is 3.27. The highest BCUT2D eigenvalue weighted by Gasteiger charge is 2.44. The summed E-state index contributed by atoms with van der Waals surface area (Å²) >= 11 is 0. The van der Waals surface area contributed by atoms with Crippen molar-refractivity contribution in [1.29, 1.82) is 0 Å². The molecule has 2 fully saturated rings. The first-order chi connectivity index (χ1) is 13.1. The van der Waals surface area contributed by atoms with Gasteiger partial charge in [-0.3, -0.25) is 4.79 Å². The average Bonchev–Trinajstić information content (AvgIpc) is 3.05. The number of carboxylic acid groups (broad SMARTS) is 1. The summed E-state index contributed by atoms with van der Waals surface area (Å²) in [6, 6.07) is 2.11. The molecule has 0 bridgehead atoms. The summed E-state index contributed by atoms with van der Waals surface area (Å²) in [5.41, 5.74) is -0.185. The predicted molar refractivity (Wildman–Crippen MR) is 92.5 cm³/mol. The second kappa shape index (κ2) is 9.18. The number of nitrogens with one attached hydrogen (secondary N) is 1. The van der Waals surface area contributed by atoms with Crippen LogP contribution in [0.3, 0.4) is 0 Å². The highest BCUT2D eigenvalue weighted by atomic mass is 19.4. The number of anilines is 1. The monoisotopic (exact) mass is 404 g/mol. The zero-order valence-electron chi connectivity index (χ0n) is 15.4. The van der Waals surface area contributed by atoms with Gasteiger partial charge in [0.05, 0.1) is 5.60 Å². The van der Waals surface area contributed by atoms with Gasteiger partial charge in [0.1, 0.15) is 0 Å². The lowest BCUT2D eigenvalue weighted by molar-refractivity contribution is -0.192. The van der Waals surface area contributed by atoms with Gasteiger partial charge in [0.2, 0.25) is 11.9 Å². The number of halogens is 3. The van der Waals surface area contributed by atoms with E-state index < -0.39 is 12.1 Å². The third-order valence-electron chi connectivity index (χ3n) is 4.61. The fourth-order valence-corrected chi connectivity index (χ4v) is 3.27. The molecule has 1 aromatic heterocycles. The van der Waals surface area contributed by atoms with Gasteiger partial charge in [0, 0.05) is 44.6 Å². The molecule has 0 unspecified atom stereocenters. The largest absolute Gasteiger partial charge is 0.490 e. The molecule has 1 spiro atoms. The molecule has 2 saturated heterocycles. The Morgan fingerprint density at radius 1 is 1.39 bits per heavy atom. The van der Waals surface area contributed by atoms with Crippen molar-refractivity contribution in [3.63, 3.8) is 0 Å². The first-order valence-corrected chi connectivity index (χ1v) is 8.90. The molecule has 0 saturated carbocycles. The standard InChI is InChI=1S/C15H22N4O2.C2HF3O2/c1-2-13(20)19-8-5-15(11-19)10-12(4-9-21-15)18-14-16-6-3-7-17-14;3-2(4,5)1(6)7/h3,6-7,12H,2,4-5,8-11H2,1H3,(H,16,17,18);(H,6,7)/t12-,15-;/m1./s1. The maximum atomic E-state index is 11.8. The third kappa shape index (κ3) is 6.04. The van der Waals surface area contributed by atoms with Crippen LogP contribution in [0.1, 0.15) is 32.6 Å². The minimum Gasteiger partial charge on any atom is -0.475 e. The molecule has 11 heteroatoms. The number of carbonyl (C=O) groups excluding carboxylic acids is 1. The topological polar surface area (TPSA) is 105 Å². The van der Waals surface area contributed by atoms with Crippen LogP contribution < -0.4 is 5.32 Å². The van der Waals surface area contributed by atoms with Crippen molar-refractivity contribution < 1.29 is 32.6 Å². The summed E-state index contributed by atoms with van der Waals surface area (Å²) in [6.07, 6.45) is 1.73. The van der Waals surface area contributed by atoms with Crippen molar-refractivity contribution >= 4 is 17.8 Å². The summed E-state index contributed by atoms with van der Waals surface area (Å²) in [5, 5.41) is 10.5. The van der Waals surface area contributed by atoms with Gasteiger partial charge in [0.25, 0.3) is 0 Å². The number of hydrogen-bond donors (Lipinski definition) is 2. The normalized spacial score (nSPS) is 24.4. The van der Waals surface area contributed by atoms with E-state index in [1.54, 1.807) is 12.4 Å². The molecule has 1 amide bonds. The number of hydrogen-bond acceptors (Lipinski definition) is 6. The Balaban J connectivity index is 0.000000345. The smallest absolute Gasteiger partial charge is 0.475 e. The molecule has 1 aromatic rings. The molecule has 28 heavy (non-hydrogen) atoms. The molecule has 2 N–H and O–H groups in total. The van der Waals surface area contributed by atoms with Gasteiger partial charge in [-0.1, -0.05) is 6.92 Å². The van der Waals surface area contributed by atoms with E-state index in [9.17, 15) is 18.0 Å². The predicted octanol–water partition coefficient (Wildman–Crippen LogP) is 2.08. The van der Waals surface area contributed by atoms with Gasteiger partial charge < -0.3 is 20.1 Å². The molecule has 0 aliphatic carbocycles. The number of ether oxygens (including phenoxy) is 1. The molecular weight excluding hydrogens is 381 g/mol. The number of aromatic nitrogens is 2. The zero-order chi connectivity index (χ0) is 20.8. The van der Waals surface area contributed by atoms with Crippen LogP contribution in [0.4, 0.5) is 19.1 Å². The van der Waals surface area contributed by atoms with Crippen molar-refractivity contribution in [2.75, 3.05) is 25.0 Å². The summed E-state index contributed by atoms with van der Waals surface area (Å²) in [5.74, 6) is -1.87. The number of likely N-dealkylation sites (tertiary alicyclic amines) is 1. The second-order valence-corrected chi connectivity index (χ2v) is 6.66. The van der Waals surface area contributed by atoms with Crippen molar-refractivity contribution in [3.8, 4) is 0 Å². The summed E-state index contributed by atoms with van der Waals surface area (Å²) in [4.78, 5) is 31.1. The van der Waals surface area contributed by atoms with Crippen LogP contribution in [0.5, 0.6) is 0 Å². The summed E-state index contributed by atoms with van der Waals surface area (Å²) < 4.78 is 37.8. The van der Waals surface area contributed by atoms with Gasteiger partial charge in [-0.2, -0.15) is 13.2 Å². The molecule has 8 nitrogen and oxygen atoms in total. The van der Waals surface area contributed by atoms with Crippen molar-refractivity contribution in [1.82, 2.24) is 14.9 Å². The van der Waals surface area contributed by atoms with Crippen molar-refractivity contribution in [2.45, 2.75) is 50.4 Å². The maximum Gasteiger partial charge on any atom is 0.490 e. The zero-order valence-corrected chi connectivity index (χ0v) is 15.4. The van der Waals surface area contributed by atoms with E-state index >= 15 is 0 Å². The van der Waals surface area contributed by atoms with Crippen LogP contribution >= 0.6 is 0 Å². The van der Waals surface area contributed by atoms with E-state index in [0.717, 1.165) is 32.4 Å². The lowest BCUT2D eigenvalue weighted by Gasteiger charge is -2.38. The Kier molecular flexibility index (Phi) is 7.17. The molecule has 0 radical (unpaired) electrons. The number of carbonyl (C=O) groups is 2. The Morgan fingerprint density at radius 3 is 2.61 bits per heavy atom. The first kappa shape index (κ1) is 21.9. The van der Waals surface area contributed by atoms with Gasteiger partial charge in [-0.15, -0.1) is 0 Å². The summed E-state index contributed by atoms with van der Waals surface area (Å²) in [7, 11) is 0. The number of carboxylic acids is 1. The first-order valence-electron chi connectivity index (χ1n) is 8.90. The van der Waals surface area contributed by atoms with Crippen LogP contribution in [-0.2, 0) is 14.3 Å². The quantitative estimate of drug-likeness (QED) is 0.795. The molecule has 3 rings (SSSR count). The highest BCUT2D eigenvalue weighted by Crippen LogP contribution is 2.35. The molecule has 2 atom stereocenters. The molecule has 2 aliphatic rings. The number of rotatable bonds is 3. The Morgan fingerprint density at radius 2 is 2.04 bits per heavy atom. The SMILES string of the molecule is CCC(=O)N1CC[C@@]2(C[C@H](Nc3ncccn3)CCO2)C1.O=C(O)C(F)(F)F. The van der Waals surface area contributed by atoms with Gasteiger partial charge >= 0.3 is 12.1 Å². The average molecular weight is 404 g/mol. The van der Waals surface area contributed by atoms with Crippen LogP contribution in [0, 0.1) is 0 Å². The number of nitrogens with zero attached hydrogens (tertiary/aromatic N) is 3. The van der Waals surface area contributed by atoms with Crippen molar-refractivity contribution in [2.24, 2.45) is 0 Å². The molecule has 156 valence electrons. The second-order valence-electron chi connectivity index (χ2n) is 6.66. The lowest BCUT2D eigenvalue weighted by atomic mass is 9.89. The maximum absolute atomic E-state index is 11.8. The van der Waals surface area contributed by atoms with E-state index in [1.807, 2.05) is 17.9 Å².